The second-order valence-corrected chi connectivity index (χ2v) is 7.98. The van der Waals surface area contributed by atoms with Gasteiger partial charge in [0.05, 0.1) is 13.3 Å². The topological polar surface area (TPSA) is 85.5 Å². The molecular formula is C14H17N3O3S2. The van der Waals surface area contributed by atoms with Crippen LogP contribution in [-0.4, -0.2) is 33.6 Å². The minimum Gasteiger partial charge on any atom is -0.496 e. The number of anilines is 1. The fourth-order valence-corrected chi connectivity index (χ4v) is 4.29. The molecule has 0 amide bonds. The van der Waals surface area contributed by atoms with Gasteiger partial charge in [0.15, 0.2) is 9.34 Å². The molecule has 3 rings (SSSR count). The molecule has 1 aromatic heterocycles. The Balaban J connectivity index is 1.79. The maximum Gasteiger partial charge on any atom is 0.249 e. The molecule has 2 aromatic rings. The van der Waals surface area contributed by atoms with Gasteiger partial charge in [-0.25, -0.2) is 18.5 Å². The minimum atomic E-state index is -3.68. The second kappa shape index (κ2) is 5.86. The lowest BCUT2D eigenvalue weighted by atomic mass is 9.97. The molecule has 22 heavy (non-hydrogen) atoms. The Morgan fingerprint density at radius 3 is 2.86 bits per heavy atom. The van der Waals surface area contributed by atoms with Gasteiger partial charge in [-0.3, -0.25) is 0 Å². The van der Waals surface area contributed by atoms with Crippen molar-refractivity contribution in [2.45, 2.75) is 16.5 Å². The molecule has 0 spiro atoms. The summed E-state index contributed by atoms with van der Waals surface area (Å²) in [4.78, 5) is 6.28. The number of ether oxygens (including phenoxy) is 1. The third-order valence-electron chi connectivity index (χ3n) is 3.79. The Hall–Kier alpha value is -1.64. The van der Waals surface area contributed by atoms with Crippen LogP contribution in [0.2, 0.25) is 0 Å². The molecule has 0 radical (unpaired) electrons. The summed E-state index contributed by atoms with van der Waals surface area (Å²) in [7, 11) is -2.01. The van der Waals surface area contributed by atoms with E-state index in [4.69, 9.17) is 9.88 Å². The number of hydrogen-bond donors (Lipinski definition) is 1. The van der Waals surface area contributed by atoms with E-state index in [9.17, 15) is 8.42 Å². The van der Waals surface area contributed by atoms with E-state index in [0.717, 1.165) is 36.6 Å². The third kappa shape index (κ3) is 2.94. The van der Waals surface area contributed by atoms with E-state index in [1.165, 1.54) is 11.8 Å². The largest absolute Gasteiger partial charge is 0.496 e. The standard InChI is InChI=1S/C14H17N3O3S2/c1-20-12-5-3-2-4-11(12)10-6-7-17(9-10)14-16-8-13(21-14)22(15,18)19/h2-5,8,10H,6-7,9H2,1H3,(H2,15,18,19). The monoisotopic (exact) mass is 339 g/mol. The van der Waals surface area contributed by atoms with Crippen LogP contribution in [0.25, 0.3) is 0 Å². The van der Waals surface area contributed by atoms with Crippen LogP contribution in [0.15, 0.2) is 34.7 Å². The number of nitrogens with zero attached hydrogens (tertiary/aromatic N) is 2. The number of para-hydroxylation sites is 1. The zero-order chi connectivity index (χ0) is 15.7. The predicted molar refractivity (Wildman–Crippen MR) is 86.1 cm³/mol. The number of rotatable bonds is 4. The molecule has 0 aliphatic carbocycles. The second-order valence-electron chi connectivity index (χ2n) is 5.18. The van der Waals surface area contributed by atoms with E-state index in [1.54, 1.807) is 7.11 Å². The summed E-state index contributed by atoms with van der Waals surface area (Å²) in [5, 5.41) is 5.83. The lowest BCUT2D eigenvalue weighted by molar-refractivity contribution is 0.406. The first kappa shape index (κ1) is 15.3. The number of sulfonamides is 1. The highest BCUT2D eigenvalue weighted by atomic mass is 32.2. The Morgan fingerprint density at radius 2 is 2.18 bits per heavy atom. The van der Waals surface area contributed by atoms with Gasteiger partial charge in [-0.05, 0) is 18.1 Å². The van der Waals surface area contributed by atoms with Gasteiger partial charge in [0.2, 0.25) is 10.0 Å². The van der Waals surface area contributed by atoms with Gasteiger partial charge in [-0.2, -0.15) is 0 Å². The first-order chi connectivity index (χ1) is 10.5. The van der Waals surface area contributed by atoms with Crippen molar-refractivity contribution in [3.63, 3.8) is 0 Å². The van der Waals surface area contributed by atoms with Gasteiger partial charge in [0.25, 0.3) is 0 Å². The van der Waals surface area contributed by atoms with Crippen LogP contribution >= 0.6 is 11.3 Å². The number of hydrogen-bond acceptors (Lipinski definition) is 6. The molecular weight excluding hydrogens is 322 g/mol. The van der Waals surface area contributed by atoms with Gasteiger partial charge >= 0.3 is 0 Å². The van der Waals surface area contributed by atoms with Crippen molar-refractivity contribution in [1.82, 2.24) is 4.98 Å². The van der Waals surface area contributed by atoms with Crippen LogP contribution < -0.4 is 14.8 Å². The fraction of sp³-hybridized carbons (Fsp3) is 0.357. The van der Waals surface area contributed by atoms with Crippen LogP contribution in [0.5, 0.6) is 5.75 Å². The van der Waals surface area contributed by atoms with E-state index >= 15 is 0 Å². The average molecular weight is 339 g/mol. The van der Waals surface area contributed by atoms with Crippen LogP contribution in [0, 0.1) is 0 Å². The van der Waals surface area contributed by atoms with Crippen molar-refractivity contribution in [3.05, 3.63) is 36.0 Å². The molecule has 2 heterocycles. The molecule has 1 fully saturated rings. The van der Waals surface area contributed by atoms with E-state index in [0.29, 0.717) is 11.0 Å². The van der Waals surface area contributed by atoms with Gasteiger partial charge in [-0.1, -0.05) is 29.5 Å². The Morgan fingerprint density at radius 1 is 1.41 bits per heavy atom. The maximum atomic E-state index is 11.3. The van der Waals surface area contributed by atoms with E-state index < -0.39 is 10.0 Å². The smallest absolute Gasteiger partial charge is 0.249 e. The molecule has 1 saturated heterocycles. The van der Waals surface area contributed by atoms with Crippen molar-refractivity contribution >= 4 is 26.5 Å². The number of methoxy groups -OCH3 is 1. The van der Waals surface area contributed by atoms with E-state index in [2.05, 4.69) is 16.0 Å². The normalized spacial score (nSPS) is 18.6. The first-order valence-corrected chi connectivity index (χ1v) is 9.22. The Labute approximate surface area is 133 Å². The highest BCUT2D eigenvalue weighted by Crippen LogP contribution is 2.36. The summed E-state index contributed by atoms with van der Waals surface area (Å²) in [6, 6.07) is 7.99. The van der Waals surface area contributed by atoms with Crippen molar-refractivity contribution in [2.24, 2.45) is 5.14 Å². The summed E-state index contributed by atoms with van der Waals surface area (Å²) in [5.74, 6) is 1.23. The summed E-state index contributed by atoms with van der Waals surface area (Å²) < 4.78 is 28.2. The zero-order valence-corrected chi connectivity index (χ0v) is 13.7. The minimum absolute atomic E-state index is 0.100. The highest BCUT2D eigenvalue weighted by Gasteiger charge is 2.28. The number of benzene rings is 1. The first-order valence-electron chi connectivity index (χ1n) is 6.85. The Bertz CT molecular complexity index is 773. The average Bonchev–Trinajstić information content (AvgIpc) is 3.15. The zero-order valence-electron chi connectivity index (χ0n) is 12.1. The number of nitrogens with two attached hydrogens (primary N) is 1. The number of thiazole rings is 1. The molecule has 1 atom stereocenters. The van der Waals surface area contributed by atoms with Crippen molar-refractivity contribution in [2.75, 3.05) is 25.1 Å². The maximum absolute atomic E-state index is 11.3. The Kier molecular flexibility index (Phi) is 4.07. The quantitative estimate of drug-likeness (QED) is 0.918. The predicted octanol–water partition coefficient (Wildman–Crippen LogP) is 1.79. The molecule has 0 saturated carbocycles. The van der Waals surface area contributed by atoms with Crippen molar-refractivity contribution < 1.29 is 13.2 Å². The fourth-order valence-electron chi connectivity index (χ4n) is 2.72. The van der Waals surface area contributed by atoms with E-state index in [1.807, 2.05) is 18.2 Å². The van der Waals surface area contributed by atoms with Gasteiger partial charge in [0, 0.05) is 19.0 Å². The van der Waals surface area contributed by atoms with Gasteiger partial charge in [-0.15, -0.1) is 0 Å². The van der Waals surface area contributed by atoms with Crippen LogP contribution in [0.4, 0.5) is 5.13 Å². The third-order valence-corrected chi connectivity index (χ3v) is 6.26. The molecule has 1 unspecified atom stereocenters. The van der Waals surface area contributed by atoms with Crippen molar-refractivity contribution in [1.29, 1.82) is 0 Å². The molecule has 1 aliphatic rings. The molecule has 1 aromatic carbocycles. The summed E-state index contributed by atoms with van der Waals surface area (Å²) in [6.45, 7) is 1.62. The van der Waals surface area contributed by atoms with Crippen LogP contribution in [0.1, 0.15) is 17.9 Å². The lowest BCUT2D eigenvalue weighted by Gasteiger charge is -2.16. The molecule has 118 valence electrons. The highest BCUT2D eigenvalue weighted by molar-refractivity contribution is 7.91. The molecule has 8 heteroatoms. The SMILES string of the molecule is COc1ccccc1C1CCN(c2ncc(S(N)(=O)=O)s2)C1. The number of aromatic nitrogens is 1. The molecule has 6 nitrogen and oxygen atoms in total. The summed E-state index contributed by atoms with van der Waals surface area (Å²) in [5.41, 5.74) is 1.18. The molecule has 2 N–H and O–H groups in total. The van der Waals surface area contributed by atoms with Gasteiger partial charge < -0.3 is 9.64 Å². The van der Waals surface area contributed by atoms with Crippen LogP contribution in [0.3, 0.4) is 0 Å². The summed E-state index contributed by atoms with van der Waals surface area (Å²) >= 11 is 1.11. The van der Waals surface area contributed by atoms with Crippen molar-refractivity contribution in [3.8, 4) is 5.75 Å². The summed E-state index contributed by atoms with van der Waals surface area (Å²) in [6.07, 6.45) is 2.30. The molecule has 0 bridgehead atoms. The van der Waals surface area contributed by atoms with Crippen LogP contribution in [-0.2, 0) is 10.0 Å². The van der Waals surface area contributed by atoms with Gasteiger partial charge in [0.1, 0.15) is 5.75 Å². The van der Waals surface area contributed by atoms with E-state index in [-0.39, 0.29) is 4.21 Å². The molecule has 1 aliphatic heterocycles. The number of primary sulfonamides is 1. The lowest BCUT2D eigenvalue weighted by Crippen LogP contribution is -2.18.